The van der Waals surface area contributed by atoms with Gasteiger partial charge in [-0.2, -0.15) is 8.78 Å². The molecule has 0 saturated carbocycles. The molecule has 0 bridgehead atoms. The first kappa shape index (κ1) is 21.7. The van der Waals surface area contributed by atoms with E-state index in [1.807, 2.05) is 6.92 Å². The molecule has 0 amide bonds. The molecule has 2 aromatic rings. The van der Waals surface area contributed by atoms with Gasteiger partial charge in [0.05, 0.1) is 5.56 Å². The monoisotopic (exact) mass is 410 g/mol. The van der Waals surface area contributed by atoms with Crippen LogP contribution in [-0.4, -0.2) is 12.3 Å². The molecule has 0 aliphatic rings. The largest absolute Gasteiger partial charge is 0.527 e. The highest BCUT2D eigenvalue weighted by Gasteiger charge is 2.49. The Hall–Kier alpha value is -2.62. The third-order valence-electron chi connectivity index (χ3n) is 3.49. The Morgan fingerprint density at radius 3 is 1.96 bits per heavy atom. The van der Waals surface area contributed by atoms with Crippen LogP contribution in [0.2, 0.25) is 0 Å². The number of benzene rings is 2. The molecule has 0 atom stereocenters. The van der Waals surface area contributed by atoms with Gasteiger partial charge in [-0.1, -0.05) is 25.5 Å². The second kappa shape index (κ2) is 8.17. The number of aryl methyl sites for hydroxylation is 1. The molecular formula is C18H13F7O3. The van der Waals surface area contributed by atoms with Gasteiger partial charge < -0.3 is 4.74 Å². The Kier molecular flexibility index (Phi) is 6.33. The molecule has 0 fully saturated rings. The second-order valence-electron chi connectivity index (χ2n) is 5.66. The van der Waals surface area contributed by atoms with E-state index in [9.17, 15) is 35.5 Å². The quantitative estimate of drug-likeness (QED) is 0.347. The lowest BCUT2D eigenvalue weighted by Gasteiger charge is -2.20. The minimum Gasteiger partial charge on any atom is -0.423 e. The van der Waals surface area contributed by atoms with Crippen molar-refractivity contribution >= 4 is 5.97 Å². The van der Waals surface area contributed by atoms with Crippen molar-refractivity contribution in [2.75, 3.05) is 0 Å². The molecule has 0 aliphatic heterocycles. The van der Waals surface area contributed by atoms with E-state index in [2.05, 4.69) is 4.74 Å². The lowest BCUT2D eigenvalue weighted by Crippen LogP contribution is -2.29. The van der Waals surface area contributed by atoms with E-state index in [1.165, 1.54) is 12.1 Å². The number of rotatable bonds is 6. The molecule has 3 nitrogen and oxygen atoms in total. The third kappa shape index (κ3) is 5.44. The average molecular weight is 410 g/mol. The number of ether oxygens (including phenoxy) is 2. The number of carbonyl (C=O) groups is 1. The van der Waals surface area contributed by atoms with Gasteiger partial charge in [0, 0.05) is 12.1 Å². The molecule has 2 rings (SSSR count). The van der Waals surface area contributed by atoms with Gasteiger partial charge in [-0.15, -0.1) is 13.2 Å². The van der Waals surface area contributed by atoms with Crippen LogP contribution in [0.3, 0.4) is 0 Å². The minimum absolute atomic E-state index is 0.0236. The maximum absolute atomic E-state index is 13.8. The summed E-state index contributed by atoms with van der Waals surface area (Å²) < 4.78 is 97.6. The predicted molar refractivity (Wildman–Crippen MR) is 82.8 cm³/mol. The fourth-order valence-electron chi connectivity index (χ4n) is 2.35. The van der Waals surface area contributed by atoms with Crippen LogP contribution in [0.1, 0.15) is 34.8 Å². The fourth-order valence-corrected chi connectivity index (χ4v) is 2.35. The summed E-state index contributed by atoms with van der Waals surface area (Å²) in [4.78, 5) is 12.0. The van der Waals surface area contributed by atoms with Gasteiger partial charge in [0.25, 0.3) is 0 Å². The van der Waals surface area contributed by atoms with Crippen molar-refractivity contribution in [1.82, 2.24) is 0 Å². The summed E-state index contributed by atoms with van der Waals surface area (Å²) in [5.41, 5.74) is -1.29. The average Bonchev–Trinajstić information content (AvgIpc) is 2.52. The Balaban J connectivity index is 2.23. The minimum atomic E-state index is -5.84. The van der Waals surface area contributed by atoms with E-state index in [0.29, 0.717) is 0 Å². The van der Waals surface area contributed by atoms with Gasteiger partial charge in [-0.25, -0.2) is 18.3 Å². The summed E-state index contributed by atoms with van der Waals surface area (Å²) in [5.74, 6) is -5.98. The summed E-state index contributed by atoms with van der Waals surface area (Å²) in [5, 5.41) is 0. The molecule has 10 heteroatoms. The van der Waals surface area contributed by atoms with Gasteiger partial charge in [0.1, 0.15) is 22.9 Å². The topological polar surface area (TPSA) is 35.5 Å². The van der Waals surface area contributed by atoms with E-state index < -0.39 is 41.4 Å². The number of hydrogen-bond acceptors (Lipinski definition) is 3. The Morgan fingerprint density at radius 2 is 1.50 bits per heavy atom. The van der Waals surface area contributed by atoms with Crippen LogP contribution in [0, 0.1) is 11.6 Å². The molecule has 152 valence electrons. The van der Waals surface area contributed by atoms with Gasteiger partial charge in [0.2, 0.25) is 0 Å². The van der Waals surface area contributed by atoms with E-state index in [4.69, 9.17) is 4.74 Å². The SMILES string of the molecule is CCCc1ccc(C(=O)Oc2cc(F)c(C(F)(F)OC(F)(F)F)c(F)c2)cc1. The maximum Gasteiger partial charge on any atom is 0.527 e. The Morgan fingerprint density at radius 1 is 0.964 bits per heavy atom. The fraction of sp³-hybridized carbons (Fsp3) is 0.278. The van der Waals surface area contributed by atoms with Crippen LogP contribution < -0.4 is 4.74 Å². The highest BCUT2D eigenvalue weighted by atomic mass is 19.4. The summed E-state index contributed by atoms with van der Waals surface area (Å²) in [6.45, 7) is 1.96. The number of halogens is 7. The first-order valence-corrected chi connectivity index (χ1v) is 7.88. The maximum atomic E-state index is 13.8. The number of hydrogen-bond donors (Lipinski definition) is 0. The van der Waals surface area contributed by atoms with Crippen LogP contribution >= 0.6 is 0 Å². The van der Waals surface area contributed by atoms with Gasteiger partial charge in [0.15, 0.2) is 0 Å². The zero-order valence-electron chi connectivity index (χ0n) is 14.2. The first-order chi connectivity index (χ1) is 12.9. The van der Waals surface area contributed by atoms with Crippen LogP contribution in [0.5, 0.6) is 5.75 Å². The summed E-state index contributed by atoms with van der Waals surface area (Å²) in [6.07, 6.45) is -9.51. The van der Waals surface area contributed by atoms with Crippen LogP contribution in [0.25, 0.3) is 0 Å². The van der Waals surface area contributed by atoms with Crippen molar-refractivity contribution in [1.29, 1.82) is 0 Å². The highest BCUT2D eigenvalue weighted by Crippen LogP contribution is 2.39. The van der Waals surface area contributed by atoms with Crippen molar-refractivity contribution in [3.05, 3.63) is 64.7 Å². The lowest BCUT2D eigenvalue weighted by molar-refractivity contribution is -0.432. The molecule has 0 saturated heterocycles. The summed E-state index contributed by atoms with van der Waals surface area (Å²) in [7, 11) is 0. The third-order valence-corrected chi connectivity index (χ3v) is 3.49. The molecular weight excluding hydrogens is 397 g/mol. The first-order valence-electron chi connectivity index (χ1n) is 7.88. The molecule has 0 N–H and O–H groups in total. The molecule has 28 heavy (non-hydrogen) atoms. The smallest absolute Gasteiger partial charge is 0.423 e. The van der Waals surface area contributed by atoms with E-state index in [0.717, 1.165) is 18.4 Å². The number of alkyl halides is 5. The second-order valence-corrected chi connectivity index (χ2v) is 5.66. The predicted octanol–water partition coefficient (Wildman–Crippen LogP) is 5.72. The molecule has 0 aromatic heterocycles. The molecule has 0 spiro atoms. The van der Waals surface area contributed by atoms with Crippen LogP contribution in [-0.2, 0) is 17.3 Å². The Labute approximate surface area is 154 Å². The Bertz CT molecular complexity index is 822. The van der Waals surface area contributed by atoms with E-state index in [1.54, 1.807) is 12.1 Å². The van der Waals surface area contributed by atoms with Crippen molar-refractivity contribution in [2.24, 2.45) is 0 Å². The molecule has 0 radical (unpaired) electrons. The summed E-state index contributed by atoms with van der Waals surface area (Å²) >= 11 is 0. The summed E-state index contributed by atoms with van der Waals surface area (Å²) in [6, 6.07) is 6.41. The molecule has 0 aliphatic carbocycles. The molecule has 2 aromatic carbocycles. The molecule has 0 heterocycles. The van der Waals surface area contributed by atoms with Crippen molar-refractivity contribution in [3.63, 3.8) is 0 Å². The van der Waals surface area contributed by atoms with Gasteiger partial charge in [-0.05, 0) is 24.1 Å². The zero-order valence-corrected chi connectivity index (χ0v) is 14.2. The highest BCUT2D eigenvalue weighted by molar-refractivity contribution is 5.91. The standard InChI is InChI=1S/C18H13F7O3/c1-2-3-10-4-6-11(7-5-10)16(26)27-12-8-13(19)15(14(20)9-12)17(21,22)28-18(23,24)25/h4-9H,2-3H2,1H3. The van der Waals surface area contributed by atoms with Crippen LogP contribution in [0.4, 0.5) is 30.7 Å². The van der Waals surface area contributed by atoms with Gasteiger partial charge in [-0.3, -0.25) is 0 Å². The van der Waals surface area contributed by atoms with Crippen molar-refractivity contribution in [2.45, 2.75) is 32.2 Å². The molecule has 0 unspecified atom stereocenters. The van der Waals surface area contributed by atoms with Crippen molar-refractivity contribution < 1.29 is 45.0 Å². The number of esters is 1. The van der Waals surface area contributed by atoms with Crippen LogP contribution in [0.15, 0.2) is 36.4 Å². The van der Waals surface area contributed by atoms with Gasteiger partial charge >= 0.3 is 18.4 Å². The zero-order chi connectivity index (χ0) is 21.1. The normalized spacial score (nSPS) is 12.1. The van der Waals surface area contributed by atoms with Crippen molar-refractivity contribution in [3.8, 4) is 5.75 Å². The van der Waals surface area contributed by atoms with E-state index >= 15 is 0 Å². The number of carbonyl (C=O) groups excluding carboxylic acids is 1. The lowest BCUT2D eigenvalue weighted by atomic mass is 10.1. The van der Waals surface area contributed by atoms with E-state index in [-0.39, 0.29) is 17.7 Å².